The molecule has 0 aromatic heterocycles. The number of para-hydroxylation sites is 1. The zero-order valence-corrected chi connectivity index (χ0v) is 15.2. The van der Waals surface area contributed by atoms with Crippen LogP contribution in [0.5, 0.6) is 5.75 Å². The maximum atomic E-state index is 12.5. The Kier molecular flexibility index (Phi) is 6.42. The zero-order chi connectivity index (χ0) is 18.4. The third-order valence-electron chi connectivity index (χ3n) is 3.50. The highest BCUT2D eigenvalue weighted by Crippen LogP contribution is 2.25. The molecule has 0 aliphatic heterocycles. The van der Waals surface area contributed by atoms with Crippen LogP contribution in [0.15, 0.2) is 42.5 Å². The van der Waals surface area contributed by atoms with Crippen LogP contribution in [0.1, 0.15) is 34.6 Å². The van der Waals surface area contributed by atoms with Crippen molar-refractivity contribution in [3.8, 4) is 5.75 Å². The first kappa shape index (κ1) is 18.8. The van der Waals surface area contributed by atoms with E-state index in [0.29, 0.717) is 40.0 Å². The molecule has 0 saturated heterocycles. The first-order valence-corrected chi connectivity index (χ1v) is 8.32. The average Bonchev–Trinajstić information content (AvgIpc) is 2.61. The molecule has 0 fully saturated rings. The van der Waals surface area contributed by atoms with Gasteiger partial charge in [0.2, 0.25) is 0 Å². The Morgan fingerprint density at radius 3 is 2.52 bits per heavy atom. The number of hydrogen-bond donors (Lipinski definition) is 2. The van der Waals surface area contributed by atoms with Gasteiger partial charge in [0, 0.05) is 12.1 Å². The van der Waals surface area contributed by atoms with Crippen molar-refractivity contribution in [1.29, 1.82) is 0 Å². The molecule has 0 heterocycles. The number of anilines is 1. The van der Waals surface area contributed by atoms with E-state index >= 15 is 0 Å². The van der Waals surface area contributed by atoms with Crippen molar-refractivity contribution in [3.05, 3.63) is 58.6 Å². The topological polar surface area (TPSA) is 67.4 Å². The van der Waals surface area contributed by atoms with E-state index in [-0.39, 0.29) is 11.8 Å². The summed E-state index contributed by atoms with van der Waals surface area (Å²) in [6.45, 7) is 4.60. The van der Waals surface area contributed by atoms with E-state index in [9.17, 15) is 9.59 Å². The summed E-state index contributed by atoms with van der Waals surface area (Å²) in [4.78, 5) is 24.7. The summed E-state index contributed by atoms with van der Waals surface area (Å²) >= 11 is 6.16. The summed E-state index contributed by atoms with van der Waals surface area (Å²) in [6.07, 6.45) is 0. The molecule has 2 rings (SSSR count). The predicted molar refractivity (Wildman–Crippen MR) is 99.6 cm³/mol. The minimum atomic E-state index is -0.362. The molecule has 0 aliphatic carbocycles. The van der Waals surface area contributed by atoms with Gasteiger partial charge in [0.1, 0.15) is 5.75 Å². The highest BCUT2D eigenvalue weighted by molar-refractivity contribution is 6.34. The van der Waals surface area contributed by atoms with Gasteiger partial charge in [-0.15, -0.1) is 0 Å². The molecule has 6 heteroatoms. The second kappa shape index (κ2) is 8.53. The summed E-state index contributed by atoms with van der Waals surface area (Å²) in [6, 6.07) is 11.6. The number of amides is 2. The fourth-order valence-electron chi connectivity index (χ4n) is 2.18. The number of ether oxygens (including phenoxy) is 1. The van der Waals surface area contributed by atoms with Crippen molar-refractivity contribution in [1.82, 2.24) is 5.32 Å². The molecule has 0 radical (unpaired) electrons. The Bertz CT molecular complexity index is 775. The number of carbonyl (C=O) groups excluding carboxylic acids is 2. The van der Waals surface area contributed by atoms with Crippen molar-refractivity contribution in [2.24, 2.45) is 5.92 Å². The van der Waals surface area contributed by atoms with Gasteiger partial charge in [-0.1, -0.05) is 37.6 Å². The first-order valence-electron chi connectivity index (χ1n) is 7.94. The minimum Gasteiger partial charge on any atom is -0.496 e. The third kappa shape index (κ3) is 4.97. The van der Waals surface area contributed by atoms with Gasteiger partial charge in [0.05, 0.1) is 23.4 Å². The third-order valence-corrected chi connectivity index (χ3v) is 3.83. The predicted octanol–water partition coefficient (Wildman–Crippen LogP) is 3.99. The largest absolute Gasteiger partial charge is 0.496 e. The van der Waals surface area contributed by atoms with Crippen LogP contribution < -0.4 is 15.4 Å². The van der Waals surface area contributed by atoms with Gasteiger partial charge in [-0.25, -0.2) is 0 Å². The van der Waals surface area contributed by atoms with Gasteiger partial charge in [-0.3, -0.25) is 9.59 Å². The fraction of sp³-hybridized carbons (Fsp3) is 0.263. The van der Waals surface area contributed by atoms with Crippen LogP contribution in [0.4, 0.5) is 5.69 Å². The van der Waals surface area contributed by atoms with E-state index in [1.807, 2.05) is 13.8 Å². The van der Waals surface area contributed by atoms with E-state index < -0.39 is 0 Å². The van der Waals surface area contributed by atoms with Gasteiger partial charge >= 0.3 is 0 Å². The lowest BCUT2D eigenvalue weighted by Crippen LogP contribution is -2.27. The number of methoxy groups -OCH3 is 1. The average molecular weight is 361 g/mol. The Morgan fingerprint density at radius 1 is 1.12 bits per heavy atom. The number of halogens is 1. The molecule has 2 N–H and O–H groups in total. The summed E-state index contributed by atoms with van der Waals surface area (Å²) in [5, 5.41) is 5.91. The summed E-state index contributed by atoms with van der Waals surface area (Å²) in [5.74, 6) is 0.236. The number of carbonyl (C=O) groups is 2. The van der Waals surface area contributed by atoms with E-state index in [2.05, 4.69) is 10.6 Å². The van der Waals surface area contributed by atoms with Gasteiger partial charge in [-0.05, 0) is 36.2 Å². The highest BCUT2D eigenvalue weighted by atomic mass is 35.5. The normalized spacial score (nSPS) is 10.4. The number of nitrogens with one attached hydrogen (secondary N) is 2. The van der Waals surface area contributed by atoms with Crippen LogP contribution in [0.3, 0.4) is 0 Å². The molecule has 25 heavy (non-hydrogen) atoms. The van der Waals surface area contributed by atoms with Gasteiger partial charge in [0.15, 0.2) is 0 Å². The van der Waals surface area contributed by atoms with Crippen molar-refractivity contribution in [3.63, 3.8) is 0 Å². The molecular weight excluding hydrogens is 340 g/mol. The quantitative estimate of drug-likeness (QED) is 0.818. The maximum absolute atomic E-state index is 12.5. The lowest BCUT2D eigenvalue weighted by molar-refractivity contribution is 0.0947. The fourth-order valence-corrected chi connectivity index (χ4v) is 2.35. The molecule has 0 atom stereocenters. The van der Waals surface area contributed by atoms with Crippen LogP contribution >= 0.6 is 11.6 Å². The lowest BCUT2D eigenvalue weighted by Gasteiger charge is -2.12. The number of hydrogen-bond acceptors (Lipinski definition) is 3. The summed E-state index contributed by atoms with van der Waals surface area (Å²) in [7, 11) is 1.50. The van der Waals surface area contributed by atoms with Crippen LogP contribution in [0, 0.1) is 5.92 Å². The van der Waals surface area contributed by atoms with E-state index in [0.717, 1.165) is 0 Å². The second-order valence-corrected chi connectivity index (χ2v) is 6.36. The molecule has 0 saturated carbocycles. The Morgan fingerprint density at radius 2 is 1.84 bits per heavy atom. The Balaban J connectivity index is 2.20. The zero-order valence-electron chi connectivity index (χ0n) is 14.4. The van der Waals surface area contributed by atoms with Crippen molar-refractivity contribution >= 4 is 29.1 Å². The molecule has 2 amide bonds. The van der Waals surface area contributed by atoms with E-state index in [4.69, 9.17) is 16.3 Å². The molecule has 2 aromatic rings. The number of rotatable bonds is 6. The molecule has 2 aromatic carbocycles. The van der Waals surface area contributed by atoms with Crippen molar-refractivity contribution < 1.29 is 14.3 Å². The maximum Gasteiger partial charge on any atom is 0.259 e. The molecule has 0 spiro atoms. The summed E-state index contributed by atoms with van der Waals surface area (Å²) < 4.78 is 5.19. The van der Waals surface area contributed by atoms with E-state index in [1.54, 1.807) is 42.5 Å². The van der Waals surface area contributed by atoms with Gasteiger partial charge in [-0.2, -0.15) is 0 Å². The first-order chi connectivity index (χ1) is 11.9. The summed E-state index contributed by atoms with van der Waals surface area (Å²) in [5.41, 5.74) is 1.19. The number of benzene rings is 2. The molecule has 0 bridgehead atoms. The standard InChI is InChI=1S/C19H21ClN2O3/c1-12(2)11-21-18(23)13-8-9-15(20)16(10-13)22-19(24)14-6-4-5-7-17(14)25-3/h4-10,12H,11H2,1-3H3,(H,21,23)(H,22,24). The minimum absolute atomic E-state index is 0.210. The van der Waals surface area contributed by atoms with Crippen molar-refractivity contribution in [2.45, 2.75) is 13.8 Å². The molecule has 132 valence electrons. The lowest BCUT2D eigenvalue weighted by atomic mass is 10.1. The van der Waals surface area contributed by atoms with Crippen LogP contribution in [0.25, 0.3) is 0 Å². The smallest absolute Gasteiger partial charge is 0.259 e. The Hall–Kier alpha value is -2.53. The molecule has 0 aliphatic rings. The van der Waals surface area contributed by atoms with Gasteiger partial charge < -0.3 is 15.4 Å². The SMILES string of the molecule is COc1ccccc1C(=O)Nc1cc(C(=O)NCC(C)C)ccc1Cl. The Labute approximate surface area is 152 Å². The van der Waals surface area contributed by atoms with Crippen LogP contribution in [-0.4, -0.2) is 25.5 Å². The van der Waals surface area contributed by atoms with E-state index in [1.165, 1.54) is 7.11 Å². The van der Waals surface area contributed by atoms with Crippen LogP contribution in [0.2, 0.25) is 5.02 Å². The highest BCUT2D eigenvalue weighted by Gasteiger charge is 2.15. The second-order valence-electron chi connectivity index (χ2n) is 5.95. The van der Waals surface area contributed by atoms with Crippen LogP contribution in [-0.2, 0) is 0 Å². The van der Waals surface area contributed by atoms with Gasteiger partial charge in [0.25, 0.3) is 11.8 Å². The van der Waals surface area contributed by atoms with Crippen molar-refractivity contribution in [2.75, 3.05) is 19.0 Å². The molecule has 0 unspecified atom stereocenters. The molecular formula is C19H21ClN2O3. The molecule has 5 nitrogen and oxygen atoms in total. The monoisotopic (exact) mass is 360 g/mol.